The first-order valence-electron chi connectivity index (χ1n) is 7.37. The van der Waals surface area contributed by atoms with Gasteiger partial charge in [-0.15, -0.1) is 10.2 Å². The molecule has 0 aliphatic carbocycles. The van der Waals surface area contributed by atoms with Gasteiger partial charge in [-0.2, -0.15) is 0 Å². The van der Waals surface area contributed by atoms with Crippen LogP contribution in [0.4, 0.5) is 4.39 Å². The summed E-state index contributed by atoms with van der Waals surface area (Å²) in [5.41, 5.74) is 0.312. The molecule has 24 heavy (non-hydrogen) atoms. The Morgan fingerprint density at radius 2 is 2.21 bits per heavy atom. The van der Waals surface area contributed by atoms with Crippen molar-refractivity contribution in [2.24, 2.45) is 7.05 Å². The van der Waals surface area contributed by atoms with E-state index in [1.807, 2.05) is 0 Å². The molecular formula is C15H16FN3O3S2. The summed E-state index contributed by atoms with van der Waals surface area (Å²) in [5.74, 6) is 0.189. The van der Waals surface area contributed by atoms with E-state index in [0.29, 0.717) is 23.0 Å². The third-order valence-corrected chi connectivity index (χ3v) is 6.73. The van der Waals surface area contributed by atoms with Gasteiger partial charge in [0.15, 0.2) is 20.8 Å². The van der Waals surface area contributed by atoms with Crippen molar-refractivity contribution >= 4 is 27.4 Å². The van der Waals surface area contributed by atoms with Gasteiger partial charge in [0.25, 0.3) is 0 Å². The van der Waals surface area contributed by atoms with E-state index in [2.05, 4.69) is 10.2 Å². The Kier molecular flexibility index (Phi) is 4.73. The molecule has 0 amide bonds. The molecule has 0 spiro atoms. The highest BCUT2D eigenvalue weighted by molar-refractivity contribution is 7.99. The maximum atomic E-state index is 13.2. The Hall–Kier alpha value is -1.74. The number of thioether (sulfide) groups is 1. The zero-order valence-corrected chi connectivity index (χ0v) is 14.6. The number of nitrogens with zero attached hydrogens (tertiary/aromatic N) is 3. The first-order chi connectivity index (χ1) is 11.4. The number of ketones is 1. The summed E-state index contributed by atoms with van der Waals surface area (Å²) in [6.07, 6.45) is 0.543. The van der Waals surface area contributed by atoms with Crippen LogP contribution < -0.4 is 0 Å². The molecule has 1 aliphatic heterocycles. The number of carbonyl (C=O) groups excluding carboxylic acids is 1. The largest absolute Gasteiger partial charge is 0.309 e. The molecule has 1 aromatic carbocycles. The minimum absolute atomic E-state index is 0.0891. The zero-order chi connectivity index (χ0) is 17.3. The van der Waals surface area contributed by atoms with Crippen molar-refractivity contribution in [3.05, 3.63) is 41.5 Å². The van der Waals surface area contributed by atoms with Crippen molar-refractivity contribution in [1.29, 1.82) is 0 Å². The number of rotatable bonds is 5. The molecule has 0 unspecified atom stereocenters. The van der Waals surface area contributed by atoms with E-state index >= 15 is 0 Å². The van der Waals surface area contributed by atoms with Crippen molar-refractivity contribution in [3.8, 4) is 0 Å². The molecule has 0 radical (unpaired) electrons. The number of benzene rings is 1. The highest BCUT2D eigenvalue weighted by atomic mass is 32.2. The van der Waals surface area contributed by atoms with Crippen LogP contribution in [0.2, 0.25) is 0 Å². The average Bonchev–Trinajstić information content (AvgIpc) is 3.07. The second-order valence-corrected chi connectivity index (χ2v) is 8.89. The number of carbonyl (C=O) groups is 1. The summed E-state index contributed by atoms with van der Waals surface area (Å²) >= 11 is 1.20. The molecule has 0 bridgehead atoms. The van der Waals surface area contributed by atoms with Gasteiger partial charge in [0.05, 0.1) is 17.3 Å². The minimum Gasteiger partial charge on any atom is -0.309 e. The smallest absolute Gasteiger partial charge is 0.191 e. The molecule has 2 aromatic rings. The number of hydrogen-bond acceptors (Lipinski definition) is 6. The second kappa shape index (κ2) is 6.64. The van der Waals surface area contributed by atoms with Gasteiger partial charge in [-0.25, -0.2) is 12.8 Å². The molecule has 2 heterocycles. The van der Waals surface area contributed by atoms with Gasteiger partial charge in [-0.3, -0.25) is 4.79 Å². The standard InChI is InChI=1S/C15H16FN3O3S2/c1-19-14(11-5-6-24(21,22)9-11)17-18-15(19)23-8-13(20)10-3-2-4-12(16)7-10/h2-4,7,11H,5-6,8-9H2,1H3/t11-/m0/s1. The normalized spacial score (nSPS) is 19.5. The molecule has 1 fully saturated rings. The lowest BCUT2D eigenvalue weighted by molar-refractivity contribution is 0.102. The van der Waals surface area contributed by atoms with Crippen LogP contribution in [-0.2, 0) is 16.9 Å². The molecule has 1 atom stereocenters. The van der Waals surface area contributed by atoms with Crippen LogP contribution in [0, 0.1) is 5.82 Å². The second-order valence-electron chi connectivity index (χ2n) is 5.72. The van der Waals surface area contributed by atoms with Gasteiger partial charge in [-0.1, -0.05) is 23.9 Å². The van der Waals surface area contributed by atoms with Crippen molar-refractivity contribution in [3.63, 3.8) is 0 Å². The monoisotopic (exact) mass is 369 g/mol. The molecule has 1 saturated heterocycles. The number of sulfone groups is 1. The molecule has 128 valence electrons. The highest BCUT2D eigenvalue weighted by Crippen LogP contribution is 2.29. The number of hydrogen-bond donors (Lipinski definition) is 0. The van der Waals surface area contributed by atoms with E-state index in [1.165, 1.54) is 30.0 Å². The molecule has 0 saturated carbocycles. The van der Waals surface area contributed by atoms with Crippen LogP contribution in [0.15, 0.2) is 29.4 Å². The SMILES string of the molecule is Cn1c(SCC(=O)c2cccc(F)c2)nnc1[C@H]1CCS(=O)(=O)C1. The summed E-state index contributed by atoms with van der Waals surface area (Å²) in [6.45, 7) is 0. The van der Waals surface area contributed by atoms with Gasteiger partial charge >= 0.3 is 0 Å². The summed E-state index contributed by atoms with van der Waals surface area (Å²) in [4.78, 5) is 12.1. The fraction of sp³-hybridized carbons (Fsp3) is 0.400. The fourth-order valence-electron chi connectivity index (χ4n) is 2.68. The van der Waals surface area contributed by atoms with Crippen molar-refractivity contribution in [2.75, 3.05) is 17.3 Å². The minimum atomic E-state index is -2.99. The molecule has 1 aliphatic rings. The van der Waals surface area contributed by atoms with Crippen molar-refractivity contribution in [2.45, 2.75) is 17.5 Å². The van der Waals surface area contributed by atoms with E-state index in [1.54, 1.807) is 17.7 Å². The van der Waals surface area contributed by atoms with Crippen LogP contribution in [0.5, 0.6) is 0 Å². The van der Waals surface area contributed by atoms with Crippen molar-refractivity contribution in [1.82, 2.24) is 14.8 Å². The molecular weight excluding hydrogens is 353 g/mol. The lowest BCUT2D eigenvalue weighted by Gasteiger charge is -2.07. The Morgan fingerprint density at radius 3 is 2.88 bits per heavy atom. The Labute approximate surface area is 143 Å². The summed E-state index contributed by atoms with van der Waals surface area (Å²) in [5, 5.41) is 8.67. The van der Waals surface area contributed by atoms with Gasteiger partial charge in [0, 0.05) is 18.5 Å². The van der Waals surface area contributed by atoms with Crippen LogP contribution in [0.3, 0.4) is 0 Å². The fourth-order valence-corrected chi connectivity index (χ4v) is 5.23. The quantitative estimate of drug-likeness (QED) is 0.591. The third kappa shape index (κ3) is 3.67. The Balaban J connectivity index is 1.68. The Morgan fingerprint density at radius 1 is 1.42 bits per heavy atom. The first-order valence-corrected chi connectivity index (χ1v) is 10.2. The Bertz CT molecular complexity index is 880. The van der Waals surface area contributed by atoms with Gasteiger partial charge < -0.3 is 4.57 Å². The van der Waals surface area contributed by atoms with E-state index < -0.39 is 15.7 Å². The maximum Gasteiger partial charge on any atom is 0.191 e. The predicted molar refractivity (Wildman–Crippen MR) is 88.5 cm³/mol. The van der Waals surface area contributed by atoms with E-state index in [4.69, 9.17) is 0 Å². The van der Waals surface area contributed by atoms with Gasteiger partial charge in [0.1, 0.15) is 11.6 Å². The van der Waals surface area contributed by atoms with Crippen LogP contribution in [0.25, 0.3) is 0 Å². The van der Waals surface area contributed by atoms with Gasteiger partial charge in [-0.05, 0) is 18.6 Å². The number of Topliss-reactive ketones (excluding diaryl/α,β-unsaturated/α-hetero) is 1. The van der Waals surface area contributed by atoms with E-state index in [0.717, 1.165) is 0 Å². The lowest BCUT2D eigenvalue weighted by atomic mass is 10.1. The third-order valence-electron chi connectivity index (χ3n) is 3.95. The zero-order valence-electron chi connectivity index (χ0n) is 13.0. The van der Waals surface area contributed by atoms with Crippen LogP contribution in [-0.4, -0.2) is 46.2 Å². The number of aromatic nitrogens is 3. The predicted octanol–water partition coefficient (Wildman–Crippen LogP) is 1.83. The highest BCUT2D eigenvalue weighted by Gasteiger charge is 2.32. The molecule has 3 rings (SSSR count). The molecule has 1 aromatic heterocycles. The number of halogens is 1. The van der Waals surface area contributed by atoms with Crippen LogP contribution >= 0.6 is 11.8 Å². The maximum absolute atomic E-state index is 13.2. The topological polar surface area (TPSA) is 81.9 Å². The molecule has 9 heteroatoms. The summed E-state index contributed by atoms with van der Waals surface area (Å²) in [6, 6.07) is 5.55. The van der Waals surface area contributed by atoms with Crippen LogP contribution in [0.1, 0.15) is 28.5 Å². The molecule has 0 N–H and O–H groups in total. The van der Waals surface area contributed by atoms with Gasteiger partial charge in [0.2, 0.25) is 0 Å². The van der Waals surface area contributed by atoms with Crippen molar-refractivity contribution < 1.29 is 17.6 Å². The summed E-state index contributed by atoms with van der Waals surface area (Å²) < 4.78 is 38.1. The summed E-state index contributed by atoms with van der Waals surface area (Å²) in [7, 11) is -1.24. The van der Waals surface area contributed by atoms with E-state index in [-0.39, 0.29) is 29.0 Å². The average molecular weight is 369 g/mol. The lowest BCUT2D eigenvalue weighted by Crippen LogP contribution is -2.09. The van der Waals surface area contributed by atoms with E-state index in [9.17, 15) is 17.6 Å². The first kappa shape index (κ1) is 17.1. The molecule has 6 nitrogen and oxygen atoms in total.